The minimum atomic E-state index is -0.854. The Hall–Kier alpha value is -3.82. The van der Waals surface area contributed by atoms with E-state index in [1.165, 1.54) is 0 Å². The van der Waals surface area contributed by atoms with Gasteiger partial charge in [0.2, 0.25) is 5.91 Å². The number of carboxylic acid groups (broad SMARTS) is 1. The maximum atomic E-state index is 12.7. The smallest absolute Gasteiger partial charge is 0.303 e. The molecule has 1 atom stereocenters. The van der Waals surface area contributed by atoms with E-state index in [1.807, 2.05) is 31.3 Å². The summed E-state index contributed by atoms with van der Waals surface area (Å²) in [7, 11) is 1.79. The van der Waals surface area contributed by atoms with Gasteiger partial charge in [0.25, 0.3) is 5.56 Å². The molecule has 3 aromatic heterocycles. The number of anilines is 1. The maximum Gasteiger partial charge on any atom is 0.303 e. The number of amides is 1. The Morgan fingerprint density at radius 2 is 1.97 bits per heavy atom. The van der Waals surface area contributed by atoms with Crippen LogP contribution in [0.3, 0.4) is 0 Å². The number of hydrogen-bond acceptors (Lipinski definition) is 6. The Morgan fingerprint density at radius 1 is 1.17 bits per heavy atom. The highest BCUT2D eigenvalue weighted by Gasteiger charge is 2.30. The van der Waals surface area contributed by atoms with E-state index >= 15 is 0 Å². The second kappa shape index (κ2) is 10.8. The number of aliphatic carboxylic acids is 1. The van der Waals surface area contributed by atoms with Crippen LogP contribution in [0.2, 0.25) is 0 Å². The second-order valence-electron chi connectivity index (χ2n) is 9.28. The first-order chi connectivity index (χ1) is 17.3. The number of carboxylic acids is 1. The number of carbonyl (C=O) groups excluding carboxylic acids is 1. The number of piperidine rings is 1. The fourth-order valence-electron chi connectivity index (χ4n) is 4.75. The van der Waals surface area contributed by atoms with E-state index in [9.17, 15) is 19.5 Å². The second-order valence-corrected chi connectivity index (χ2v) is 9.28. The zero-order chi connectivity index (χ0) is 25.8. The molecule has 0 saturated carbocycles. The van der Waals surface area contributed by atoms with Gasteiger partial charge in [-0.25, -0.2) is 9.67 Å². The van der Waals surface area contributed by atoms with Crippen molar-refractivity contribution < 1.29 is 14.7 Å². The summed E-state index contributed by atoms with van der Waals surface area (Å²) in [5.41, 5.74) is 4.38. The van der Waals surface area contributed by atoms with E-state index in [4.69, 9.17) is 4.98 Å². The fourth-order valence-corrected chi connectivity index (χ4v) is 4.75. The number of nitrogens with zero attached hydrogens (tertiary/aromatic N) is 6. The molecule has 1 fully saturated rings. The van der Waals surface area contributed by atoms with Crippen molar-refractivity contribution in [2.75, 3.05) is 11.4 Å². The highest BCUT2D eigenvalue weighted by atomic mass is 16.4. The molecule has 4 rings (SSSR count). The monoisotopic (exact) mass is 492 g/mol. The summed E-state index contributed by atoms with van der Waals surface area (Å²) in [4.78, 5) is 42.9. The highest BCUT2D eigenvalue weighted by Crippen LogP contribution is 2.31. The molecular weight excluding hydrogens is 460 g/mol. The number of carbonyl (C=O) groups is 2. The van der Waals surface area contributed by atoms with Crippen LogP contribution in [0, 0.1) is 5.92 Å². The van der Waals surface area contributed by atoms with Gasteiger partial charge in [-0.1, -0.05) is 31.5 Å². The first-order valence-corrected chi connectivity index (χ1v) is 12.4. The molecule has 0 aliphatic carbocycles. The maximum absolute atomic E-state index is 12.7. The zero-order valence-corrected chi connectivity index (χ0v) is 21.0. The van der Waals surface area contributed by atoms with Crippen LogP contribution >= 0.6 is 0 Å². The molecule has 1 N–H and O–H groups in total. The van der Waals surface area contributed by atoms with E-state index in [1.54, 1.807) is 27.3 Å². The molecule has 0 radical (unpaired) electrons. The lowest BCUT2D eigenvalue weighted by Crippen LogP contribution is -2.41. The zero-order valence-electron chi connectivity index (χ0n) is 21.0. The molecule has 0 spiro atoms. The van der Waals surface area contributed by atoms with Gasteiger partial charge in [-0.05, 0) is 42.9 Å². The number of hydrogen-bond donors (Lipinski definition) is 1. The van der Waals surface area contributed by atoms with Crippen molar-refractivity contribution in [2.45, 2.75) is 58.9 Å². The molecule has 4 heterocycles. The number of aryl methyl sites for hydroxylation is 3. The normalized spacial score (nSPS) is 15.9. The summed E-state index contributed by atoms with van der Waals surface area (Å²) < 4.78 is 3.32. The standard InChI is InChI=1S/C26H32N6O4/c1-4-6-17-7-11-23(33)31(14-17)16-22-26(28-29-30(22)3)20-9-10-21(19(5-2)27-20)32-15-18(13-25(35)36)8-12-24(32)34/h7,9-11,14,18H,4-6,8,12-13,15-16H2,1-3H3,(H,35,36)/t18-/m1/s1. The van der Waals surface area contributed by atoms with Gasteiger partial charge in [0.1, 0.15) is 5.69 Å². The van der Waals surface area contributed by atoms with Crippen LogP contribution in [0.15, 0.2) is 35.3 Å². The van der Waals surface area contributed by atoms with Crippen LogP contribution in [0.4, 0.5) is 5.69 Å². The van der Waals surface area contributed by atoms with Gasteiger partial charge in [0.05, 0.1) is 29.3 Å². The van der Waals surface area contributed by atoms with Crippen molar-refractivity contribution >= 4 is 17.6 Å². The Labute approximate surface area is 209 Å². The van der Waals surface area contributed by atoms with Crippen LogP contribution in [0.25, 0.3) is 11.4 Å². The van der Waals surface area contributed by atoms with Crippen LogP contribution in [0.1, 0.15) is 56.5 Å². The number of aromatic nitrogens is 5. The lowest BCUT2D eigenvalue weighted by atomic mass is 9.93. The molecule has 1 amide bonds. The Bertz CT molecular complexity index is 1330. The molecule has 3 aromatic rings. The van der Waals surface area contributed by atoms with E-state index in [2.05, 4.69) is 17.2 Å². The van der Waals surface area contributed by atoms with Crippen molar-refractivity contribution in [2.24, 2.45) is 13.0 Å². The molecule has 190 valence electrons. The Balaban J connectivity index is 1.66. The Morgan fingerprint density at radius 3 is 2.69 bits per heavy atom. The molecule has 36 heavy (non-hydrogen) atoms. The first-order valence-electron chi connectivity index (χ1n) is 12.4. The first kappa shape index (κ1) is 25.3. The average Bonchev–Trinajstić information content (AvgIpc) is 3.22. The SMILES string of the molecule is CCCc1ccc(=O)n(Cc2c(-c3ccc(N4C[C@@H](CC(=O)O)CCC4=O)c(CC)n3)nnn2C)c1. The molecular formula is C26H32N6O4. The molecule has 0 aromatic carbocycles. The van der Waals surface area contributed by atoms with Crippen LogP contribution in [0.5, 0.6) is 0 Å². The van der Waals surface area contributed by atoms with Gasteiger partial charge in [0, 0.05) is 38.7 Å². The van der Waals surface area contributed by atoms with Crippen molar-refractivity contribution in [3.8, 4) is 11.4 Å². The number of rotatable bonds is 9. The molecule has 0 bridgehead atoms. The molecule has 0 unspecified atom stereocenters. The van der Waals surface area contributed by atoms with E-state index < -0.39 is 5.97 Å². The molecule has 10 heteroatoms. The lowest BCUT2D eigenvalue weighted by Gasteiger charge is -2.33. The van der Waals surface area contributed by atoms with Crippen LogP contribution in [-0.2, 0) is 36.0 Å². The van der Waals surface area contributed by atoms with Gasteiger partial charge in [-0.2, -0.15) is 0 Å². The van der Waals surface area contributed by atoms with Crippen molar-refractivity contribution in [1.29, 1.82) is 0 Å². The summed E-state index contributed by atoms with van der Waals surface area (Å²) in [5, 5.41) is 17.7. The number of pyridine rings is 2. The van der Waals surface area contributed by atoms with E-state index in [0.29, 0.717) is 49.4 Å². The third-order valence-electron chi connectivity index (χ3n) is 6.64. The summed E-state index contributed by atoms with van der Waals surface area (Å²) >= 11 is 0. The molecule has 1 aliphatic rings. The Kier molecular flexibility index (Phi) is 7.61. The summed E-state index contributed by atoms with van der Waals surface area (Å²) in [6.07, 6.45) is 5.29. The molecule has 1 saturated heterocycles. The van der Waals surface area contributed by atoms with Gasteiger partial charge in [0.15, 0.2) is 0 Å². The van der Waals surface area contributed by atoms with E-state index in [0.717, 1.165) is 29.8 Å². The highest BCUT2D eigenvalue weighted by molar-refractivity contribution is 5.95. The fraction of sp³-hybridized carbons (Fsp3) is 0.462. The molecule has 1 aliphatic heterocycles. The summed E-state index contributed by atoms with van der Waals surface area (Å²) in [6, 6.07) is 7.12. The van der Waals surface area contributed by atoms with Crippen LogP contribution < -0.4 is 10.5 Å². The lowest BCUT2D eigenvalue weighted by molar-refractivity contribution is -0.138. The third kappa shape index (κ3) is 5.37. The minimum Gasteiger partial charge on any atom is -0.481 e. The predicted molar refractivity (Wildman–Crippen MR) is 135 cm³/mol. The van der Waals surface area contributed by atoms with Gasteiger partial charge in [-0.3, -0.25) is 14.4 Å². The average molecular weight is 493 g/mol. The predicted octanol–water partition coefficient (Wildman–Crippen LogP) is 2.82. The van der Waals surface area contributed by atoms with Gasteiger partial charge in [-0.15, -0.1) is 5.10 Å². The summed E-state index contributed by atoms with van der Waals surface area (Å²) in [6.45, 7) is 4.74. The minimum absolute atomic E-state index is 0.0209. The summed E-state index contributed by atoms with van der Waals surface area (Å²) in [5.74, 6) is -0.960. The third-order valence-corrected chi connectivity index (χ3v) is 6.64. The van der Waals surface area contributed by atoms with Crippen molar-refractivity contribution in [3.05, 3.63) is 57.8 Å². The largest absolute Gasteiger partial charge is 0.481 e. The van der Waals surface area contributed by atoms with Crippen molar-refractivity contribution in [3.63, 3.8) is 0 Å². The van der Waals surface area contributed by atoms with Gasteiger partial charge < -0.3 is 14.6 Å². The van der Waals surface area contributed by atoms with E-state index in [-0.39, 0.29) is 23.8 Å². The quantitative estimate of drug-likeness (QED) is 0.487. The molecule has 10 nitrogen and oxygen atoms in total. The van der Waals surface area contributed by atoms with Crippen molar-refractivity contribution in [1.82, 2.24) is 24.5 Å². The van der Waals surface area contributed by atoms with Crippen LogP contribution in [-0.4, -0.2) is 48.1 Å². The van der Waals surface area contributed by atoms with Gasteiger partial charge >= 0.3 is 5.97 Å². The topological polar surface area (TPSA) is 123 Å².